The van der Waals surface area contributed by atoms with Crippen LogP contribution in [0.4, 0.5) is 0 Å². The third-order valence-electron chi connectivity index (χ3n) is 0.903. The number of nitrogens with zero attached hydrogens (tertiary/aromatic N) is 1. The molecule has 0 aliphatic carbocycles. The summed E-state index contributed by atoms with van der Waals surface area (Å²) < 4.78 is 0. The van der Waals surface area contributed by atoms with Crippen molar-refractivity contribution in [2.45, 2.75) is 0 Å². The zero-order chi connectivity index (χ0) is 8.53. The molecular weight excluding hydrogens is 165 g/mol. The first kappa shape index (κ1) is 13.7. The summed E-state index contributed by atoms with van der Waals surface area (Å²) in [5.74, 6) is 0. The molecule has 12 heavy (non-hydrogen) atoms. The minimum absolute atomic E-state index is 0. The average molecular weight is 176 g/mol. The summed E-state index contributed by atoms with van der Waals surface area (Å²) in [4.78, 5) is 0. The van der Waals surface area contributed by atoms with E-state index in [0.29, 0.717) is 5.56 Å². The molecule has 61 valence electrons. The molecule has 0 aliphatic rings. The quantitative estimate of drug-likeness (QED) is 0.565. The van der Waals surface area contributed by atoms with E-state index in [1.807, 2.05) is 36.8 Å². The number of hydrogen-bond acceptors (Lipinski definition) is 2. The molecule has 1 nitrogen and oxygen atoms in total. The van der Waals surface area contributed by atoms with Gasteiger partial charge in [0.2, 0.25) is 0 Å². The lowest BCUT2D eigenvalue weighted by molar-refractivity contribution is 1.49. The van der Waals surface area contributed by atoms with Crippen LogP contribution in [0.5, 0.6) is 0 Å². The Kier molecular flexibility index (Phi) is 11.6. The van der Waals surface area contributed by atoms with Crippen molar-refractivity contribution in [3.8, 4) is 6.07 Å². The Morgan fingerprint density at radius 1 is 1.17 bits per heavy atom. The van der Waals surface area contributed by atoms with Gasteiger partial charge in [0.15, 0.2) is 0 Å². The maximum Gasteiger partial charge on any atom is 0.0991 e. The predicted molar refractivity (Wildman–Crippen MR) is 56.4 cm³/mol. The molecule has 3 heteroatoms. The molecule has 0 amide bonds. The summed E-state index contributed by atoms with van der Waals surface area (Å²) in [5.41, 5.74) is 0.715. The molecule has 0 atom stereocenters. The van der Waals surface area contributed by atoms with Crippen LogP contribution in [0, 0.1) is 11.3 Å². The maximum absolute atomic E-state index is 8.29. The molecule has 1 aromatic carbocycles. The fourth-order valence-electron chi connectivity index (χ4n) is 0.513. The third kappa shape index (κ3) is 7.23. The highest BCUT2D eigenvalue weighted by Crippen LogP contribution is 1.93. The molecule has 0 unspecified atom stereocenters. The number of benzene rings is 1. The van der Waals surface area contributed by atoms with Gasteiger partial charge in [0.25, 0.3) is 0 Å². The molecule has 0 saturated carbocycles. The summed E-state index contributed by atoms with van der Waals surface area (Å²) in [6, 6.07) is 11.2. The zero-order valence-electron chi connectivity index (χ0n) is 7.32. The molecule has 0 saturated heterocycles. The standard InChI is InChI=1S/C7H5N.C2H6S.B/c8-6-7-4-2-1-3-5-7;1-3-2;/h1-5H;1-2H3;. The smallest absolute Gasteiger partial charge is 0.0991 e. The van der Waals surface area contributed by atoms with E-state index in [1.54, 1.807) is 23.9 Å². The van der Waals surface area contributed by atoms with Gasteiger partial charge in [-0.05, 0) is 24.6 Å². The van der Waals surface area contributed by atoms with Crippen molar-refractivity contribution in [3.63, 3.8) is 0 Å². The molecule has 3 radical (unpaired) electrons. The van der Waals surface area contributed by atoms with Crippen LogP contribution in [-0.4, -0.2) is 20.9 Å². The summed E-state index contributed by atoms with van der Waals surface area (Å²) in [7, 11) is 0. The van der Waals surface area contributed by atoms with Gasteiger partial charge in [-0.1, -0.05) is 18.2 Å². The largest absolute Gasteiger partial charge is 0.192 e. The minimum atomic E-state index is 0. The van der Waals surface area contributed by atoms with Crippen LogP contribution >= 0.6 is 11.8 Å². The van der Waals surface area contributed by atoms with E-state index < -0.39 is 0 Å². The van der Waals surface area contributed by atoms with Gasteiger partial charge < -0.3 is 0 Å². The molecule has 1 rings (SSSR count). The van der Waals surface area contributed by atoms with Gasteiger partial charge >= 0.3 is 0 Å². The lowest BCUT2D eigenvalue weighted by Crippen LogP contribution is -1.66. The Labute approximate surface area is 80.4 Å². The van der Waals surface area contributed by atoms with Crippen molar-refractivity contribution in [1.82, 2.24) is 0 Å². The number of nitriles is 1. The molecule has 0 heterocycles. The summed E-state index contributed by atoms with van der Waals surface area (Å²) in [6.07, 6.45) is 4.08. The van der Waals surface area contributed by atoms with Crippen molar-refractivity contribution in [2.75, 3.05) is 12.5 Å². The maximum atomic E-state index is 8.29. The predicted octanol–water partition coefficient (Wildman–Crippen LogP) is 2.16. The van der Waals surface area contributed by atoms with Gasteiger partial charge in [0.05, 0.1) is 11.6 Å². The van der Waals surface area contributed by atoms with Crippen LogP contribution in [0.25, 0.3) is 0 Å². The first-order chi connectivity index (χ1) is 5.35. The van der Waals surface area contributed by atoms with E-state index in [0.717, 1.165) is 0 Å². The Hall–Kier alpha value is -0.875. The van der Waals surface area contributed by atoms with Crippen molar-refractivity contribution >= 4 is 20.2 Å². The van der Waals surface area contributed by atoms with Crippen molar-refractivity contribution < 1.29 is 0 Å². The van der Waals surface area contributed by atoms with Gasteiger partial charge in [-0.3, -0.25) is 0 Å². The molecule has 0 N–H and O–H groups in total. The summed E-state index contributed by atoms with van der Waals surface area (Å²) in [6.45, 7) is 0. The highest BCUT2D eigenvalue weighted by Gasteiger charge is 1.79. The molecule has 0 fully saturated rings. The number of thioether (sulfide) groups is 1. The van der Waals surface area contributed by atoms with Crippen molar-refractivity contribution in [1.29, 1.82) is 5.26 Å². The van der Waals surface area contributed by atoms with Crippen LogP contribution in [-0.2, 0) is 0 Å². The normalized spacial score (nSPS) is 6.75. The Morgan fingerprint density at radius 3 is 1.83 bits per heavy atom. The lowest BCUT2D eigenvalue weighted by atomic mass is 10.2. The van der Waals surface area contributed by atoms with Gasteiger partial charge in [-0.15, -0.1) is 0 Å². The Balaban J connectivity index is 0. The first-order valence-corrected chi connectivity index (χ1v) is 4.83. The van der Waals surface area contributed by atoms with E-state index in [2.05, 4.69) is 0 Å². The Bertz CT molecular complexity index is 218. The van der Waals surface area contributed by atoms with Crippen LogP contribution < -0.4 is 0 Å². The highest BCUT2D eigenvalue weighted by atomic mass is 32.2. The zero-order valence-corrected chi connectivity index (χ0v) is 8.14. The second-order valence-electron chi connectivity index (χ2n) is 1.89. The second-order valence-corrected chi connectivity index (χ2v) is 2.70. The number of hydrogen-bond donors (Lipinski definition) is 0. The van der Waals surface area contributed by atoms with E-state index >= 15 is 0 Å². The Morgan fingerprint density at radius 2 is 1.58 bits per heavy atom. The van der Waals surface area contributed by atoms with E-state index in [4.69, 9.17) is 5.26 Å². The lowest BCUT2D eigenvalue weighted by Gasteiger charge is -1.80. The van der Waals surface area contributed by atoms with E-state index in [9.17, 15) is 0 Å². The van der Waals surface area contributed by atoms with Crippen molar-refractivity contribution in [2.24, 2.45) is 0 Å². The van der Waals surface area contributed by atoms with Crippen molar-refractivity contribution in [3.05, 3.63) is 35.9 Å². The highest BCUT2D eigenvalue weighted by molar-refractivity contribution is 7.97. The first-order valence-electron chi connectivity index (χ1n) is 3.20. The molecule has 1 aromatic rings. The third-order valence-corrected chi connectivity index (χ3v) is 0.903. The van der Waals surface area contributed by atoms with E-state index in [1.165, 1.54) is 0 Å². The second kappa shape index (κ2) is 10.1. The SMILES string of the molecule is CSC.N#Cc1ccccc1.[B]. The monoisotopic (exact) mass is 176 g/mol. The van der Waals surface area contributed by atoms with Gasteiger partial charge in [-0.25, -0.2) is 0 Å². The summed E-state index contributed by atoms with van der Waals surface area (Å²) >= 11 is 1.75. The van der Waals surface area contributed by atoms with Gasteiger partial charge in [0.1, 0.15) is 0 Å². The summed E-state index contributed by atoms with van der Waals surface area (Å²) in [5, 5.41) is 8.29. The van der Waals surface area contributed by atoms with Gasteiger partial charge in [-0.2, -0.15) is 17.0 Å². The van der Waals surface area contributed by atoms with Crippen LogP contribution in [0.3, 0.4) is 0 Å². The molecule has 0 bridgehead atoms. The van der Waals surface area contributed by atoms with Crippen LogP contribution in [0.2, 0.25) is 0 Å². The fraction of sp³-hybridized carbons (Fsp3) is 0.222. The average Bonchev–Trinajstić information content (AvgIpc) is 2.08. The van der Waals surface area contributed by atoms with Gasteiger partial charge in [0, 0.05) is 8.41 Å². The molecule has 0 spiro atoms. The van der Waals surface area contributed by atoms with E-state index in [-0.39, 0.29) is 8.41 Å². The minimum Gasteiger partial charge on any atom is -0.192 e. The van der Waals surface area contributed by atoms with Crippen LogP contribution in [0.1, 0.15) is 5.56 Å². The van der Waals surface area contributed by atoms with Crippen LogP contribution in [0.15, 0.2) is 30.3 Å². The molecule has 0 aliphatic heterocycles. The fourth-order valence-corrected chi connectivity index (χ4v) is 0.513. The number of rotatable bonds is 0. The topological polar surface area (TPSA) is 23.8 Å². The molecular formula is C9H11BNS. The molecule has 0 aromatic heterocycles.